The van der Waals surface area contributed by atoms with Crippen LogP contribution in [0.15, 0.2) is 53.2 Å². The first-order chi connectivity index (χ1) is 13.2. The lowest BCUT2D eigenvalue weighted by Gasteiger charge is -2.41. The van der Waals surface area contributed by atoms with Gasteiger partial charge in [-0.1, -0.05) is 35.0 Å². The molecule has 138 valence electrons. The molecule has 2 aromatic heterocycles. The third-order valence-corrected chi connectivity index (χ3v) is 6.44. The highest BCUT2D eigenvalue weighted by Gasteiger charge is 2.48. The van der Waals surface area contributed by atoms with Crippen molar-refractivity contribution in [1.29, 1.82) is 0 Å². The van der Waals surface area contributed by atoms with E-state index in [1.165, 1.54) is 12.0 Å². The van der Waals surface area contributed by atoms with Crippen LogP contribution in [0.25, 0.3) is 11.5 Å². The topological polar surface area (TPSA) is 55.1 Å². The summed E-state index contributed by atoms with van der Waals surface area (Å²) in [5, 5.41) is 4.99. The van der Waals surface area contributed by atoms with Gasteiger partial charge in [0.2, 0.25) is 11.7 Å². The van der Waals surface area contributed by atoms with Crippen LogP contribution >= 0.6 is 11.6 Å². The Labute approximate surface area is 163 Å². The zero-order chi connectivity index (χ0) is 18.4. The average Bonchev–Trinajstić information content (AvgIpc) is 3.26. The van der Waals surface area contributed by atoms with E-state index in [-0.39, 0.29) is 5.92 Å². The molecule has 4 heterocycles. The largest absolute Gasteiger partial charge is 0.339 e. The van der Waals surface area contributed by atoms with Crippen LogP contribution in [0.4, 0.5) is 0 Å². The number of pyridine rings is 1. The van der Waals surface area contributed by atoms with Crippen LogP contribution in [0.2, 0.25) is 5.02 Å². The molecule has 0 amide bonds. The second-order valence-corrected chi connectivity index (χ2v) is 7.99. The van der Waals surface area contributed by atoms with Crippen molar-refractivity contribution < 1.29 is 4.52 Å². The van der Waals surface area contributed by atoms with E-state index in [1.54, 1.807) is 6.20 Å². The number of halogens is 1. The van der Waals surface area contributed by atoms with Gasteiger partial charge in [-0.15, -0.1) is 0 Å². The summed E-state index contributed by atoms with van der Waals surface area (Å²) in [4.78, 5) is 11.6. The van der Waals surface area contributed by atoms with Gasteiger partial charge < -0.3 is 4.52 Å². The molecule has 1 unspecified atom stereocenters. The van der Waals surface area contributed by atoms with E-state index in [1.807, 2.05) is 30.3 Å². The standard InChI is InChI=1S/C21H21ClN4O/c1-26-15-9-10-18(26)19(16(12-15)13-5-7-14(22)8-6-13)21-24-20(25-27-21)17-4-2-3-11-23-17/h2-8,11,15-16,18-19H,9-10,12H2,1H3/t15?,16-,18-,19-/m1/s1. The lowest BCUT2D eigenvalue weighted by Crippen LogP contribution is -2.44. The number of nitrogens with zero attached hydrogens (tertiary/aromatic N) is 4. The van der Waals surface area contributed by atoms with Gasteiger partial charge in [0, 0.05) is 23.3 Å². The highest BCUT2D eigenvalue weighted by Crippen LogP contribution is 2.50. The number of hydrogen-bond acceptors (Lipinski definition) is 5. The Morgan fingerprint density at radius 3 is 2.74 bits per heavy atom. The molecule has 2 fully saturated rings. The number of rotatable bonds is 3. The van der Waals surface area contributed by atoms with Gasteiger partial charge in [0.05, 0.1) is 5.92 Å². The van der Waals surface area contributed by atoms with Crippen LogP contribution in [0, 0.1) is 0 Å². The van der Waals surface area contributed by atoms with E-state index in [2.05, 4.69) is 34.2 Å². The van der Waals surface area contributed by atoms with Gasteiger partial charge in [0.25, 0.3) is 0 Å². The van der Waals surface area contributed by atoms with Crippen LogP contribution in [-0.2, 0) is 0 Å². The molecule has 3 aromatic rings. The van der Waals surface area contributed by atoms with E-state index in [0.29, 0.717) is 29.7 Å². The van der Waals surface area contributed by atoms with Gasteiger partial charge in [-0.2, -0.15) is 4.98 Å². The first-order valence-electron chi connectivity index (χ1n) is 9.43. The molecule has 2 aliphatic heterocycles. The molecule has 0 aliphatic carbocycles. The molecule has 1 aromatic carbocycles. The van der Waals surface area contributed by atoms with Crippen molar-refractivity contribution in [3.05, 3.63) is 65.1 Å². The van der Waals surface area contributed by atoms with Crippen LogP contribution < -0.4 is 0 Å². The fraction of sp³-hybridized carbons (Fsp3) is 0.381. The van der Waals surface area contributed by atoms with Crippen LogP contribution in [0.3, 0.4) is 0 Å². The molecule has 2 bridgehead atoms. The van der Waals surface area contributed by atoms with Gasteiger partial charge >= 0.3 is 0 Å². The number of likely N-dealkylation sites (N-methyl/N-ethyl adjacent to an activating group) is 1. The summed E-state index contributed by atoms with van der Waals surface area (Å²) >= 11 is 6.11. The average molecular weight is 381 g/mol. The Morgan fingerprint density at radius 1 is 1.11 bits per heavy atom. The van der Waals surface area contributed by atoms with Crippen LogP contribution in [0.5, 0.6) is 0 Å². The summed E-state index contributed by atoms with van der Waals surface area (Å²) in [6.07, 6.45) is 5.23. The van der Waals surface area contributed by atoms with Gasteiger partial charge in [-0.3, -0.25) is 9.88 Å². The molecular weight excluding hydrogens is 360 g/mol. The first kappa shape index (κ1) is 16.9. The molecule has 4 atom stereocenters. The minimum atomic E-state index is 0.180. The van der Waals surface area contributed by atoms with E-state index in [9.17, 15) is 0 Å². The predicted molar refractivity (Wildman–Crippen MR) is 104 cm³/mol. The number of hydrogen-bond donors (Lipinski definition) is 0. The third-order valence-electron chi connectivity index (χ3n) is 6.19. The van der Waals surface area contributed by atoms with Crippen molar-refractivity contribution in [2.75, 3.05) is 7.05 Å². The highest BCUT2D eigenvalue weighted by atomic mass is 35.5. The van der Waals surface area contributed by atoms with E-state index < -0.39 is 0 Å². The second kappa shape index (κ2) is 6.73. The summed E-state index contributed by atoms with van der Waals surface area (Å²) in [6, 6.07) is 15.0. The fourth-order valence-corrected chi connectivity index (χ4v) is 4.95. The smallest absolute Gasteiger partial charge is 0.232 e. The summed E-state index contributed by atoms with van der Waals surface area (Å²) in [6.45, 7) is 0. The summed E-state index contributed by atoms with van der Waals surface area (Å²) < 4.78 is 5.78. The molecule has 5 nitrogen and oxygen atoms in total. The lowest BCUT2D eigenvalue weighted by atomic mass is 9.76. The maximum absolute atomic E-state index is 6.11. The second-order valence-electron chi connectivity index (χ2n) is 7.55. The molecular formula is C21H21ClN4O. The van der Waals surface area contributed by atoms with Crippen LogP contribution in [0.1, 0.15) is 42.6 Å². The molecule has 0 N–H and O–H groups in total. The highest BCUT2D eigenvalue weighted by molar-refractivity contribution is 6.30. The van der Waals surface area contributed by atoms with Crippen molar-refractivity contribution in [2.24, 2.45) is 0 Å². The first-order valence-corrected chi connectivity index (χ1v) is 9.81. The Kier molecular flexibility index (Phi) is 4.21. The Bertz CT molecular complexity index is 927. The predicted octanol–water partition coefficient (Wildman–Crippen LogP) is 4.52. The molecule has 0 saturated carbocycles. The number of aromatic nitrogens is 3. The molecule has 5 rings (SSSR count). The summed E-state index contributed by atoms with van der Waals surface area (Å²) in [7, 11) is 2.23. The minimum Gasteiger partial charge on any atom is -0.339 e. The Hall–Kier alpha value is -2.24. The minimum absolute atomic E-state index is 0.180. The van der Waals surface area contributed by atoms with Crippen molar-refractivity contribution in [2.45, 2.75) is 43.2 Å². The SMILES string of the molecule is CN1C2CC[C@@H]1[C@H](c1nc(-c3ccccn3)no1)[C@@H](c1ccc(Cl)cc1)C2. The fourth-order valence-electron chi connectivity index (χ4n) is 4.83. The summed E-state index contributed by atoms with van der Waals surface area (Å²) in [5.41, 5.74) is 2.04. The van der Waals surface area contributed by atoms with Gasteiger partial charge in [0.1, 0.15) is 5.69 Å². The van der Waals surface area contributed by atoms with Crippen molar-refractivity contribution in [1.82, 2.24) is 20.0 Å². The van der Waals surface area contributed by atoms with E-state index >= 15 is 0 Å². The number of piperidine rings is 1. The van der Waals surface area contributed by atoms with Gasteiger partial charge in [-0.25, -0.2) is 0 Å². The van der Waals surface area contributed by atoms with E-state index in [4.69, 9.17) is 21.1 Å². The molecule has 2 aliphatic rings. The number of benzene rings is 1. The zero-order valence-electron chi connectivity index (χ0n) is 15.1. The van der Waals surface area contributed by atoms with E-state index in [0.717, 1.165) is 23.6 Å². The van der Waals surface area contributed by atoms with Gasteiger partial charge in [0.15, 0.2) is 0 Å². The monoisotopic (exact) mass is 380 g/mol. The Morgan fingerprint density at radius 2 is 1.96 bits per heavy atom. The third kappa shape index (κ3) is 2.95. The zero-order valence-corrected chi connectivity index (χ0v) is 15.9. The molecule has 27 heavy (non-hydrogen) atoms. The molecule has 0 spiro atoms. The number of fused-ring (bicyclic) bond motifs is 2. The Balaban J connectivity index is 1.54. The molecule has 0 radical (unpaired) electrons. The normalized spacial score (nSPS) is 27.8. The van der Waals surface area contributed by atoms with Crippen molar-refractivity contribution >= 4 is 11.6 Å². The van der Waals surface area contributed by atoms with Crippen molar-refractivity contribution in [3.63, 3.8) is 0 Å². The lowest BCUT2D eigenvalue weighted by molar-refractivity contribution is 0.120. The van der Waals surface area contributed by atoms with Crippen LogP contribution in [-0.4, -0.2) is 39.2 Å². The maximum atomic E-state index is 6.11. The quantitative estimate of drug-likeness (QED) is 0.668. The maximum Gasteiger partial charge on any atom is 0.232 e. The summed E-state index contributed by atoms with van der Waals surface area (Å²) in [5.74, 6) is 1.81. The molecule has 2 saturated heterocycles. The van der Waals surface area contributed by atoms with Crippen molar-refractivity contribution in [3.8, 4) is 11.5 Å². The van der Waals surface area contributed by atoms with Gasteiger partial charge in [-0.05, 0) is 62.1 Å². The molecule has 6 heteroatoms.